The maximum absolute atomic E-state index is 12.2. The van der Waals surface area contributed by atoms with E-state index in [9.17, 15) is 8.42 Å². The summed E-state index contributed by atoms with van der Waals surface area (Å²) in [7, 11) is -3.45. The minimum atomic E-state index is -3.45. The summed E-state index contributed by atoms with van der Waals surface area (Å²) < 4.78 is 34.0. The molecule has 0 radical (unpaired) electrons. The van der Waals surface area contributed by atoms with Crippen molar-refractivity contribution < 1.29 is 18.3 Å². The second kappa shape index (κ2) is 5.83. The number of piperidine rings is 1. The van der Waals surface area contributed by atoms with Crippen molar-refractivity contribution in [2.45, 2.75) is 38.3 Å². The van der Waals surface area contributed by atoms with Crippen LogP contribution >= 0.6 is 0 Å². The van der Waals surface area contributed by atoms with Gasteiger partial charge in [0.25, 0.3) is 10.2 Å². The van der Waals surface area contributed by atoms with E-state index in [-0.39, 0.29) is 24.7 Å². The zero-order chi connectivity index (χ0) is 13.2. The molecule has 7 heteroatoms. The van der Waals surface area contributed by atoms with Gasteiger partial charge in [0.15, 0.2) is 0 Å². The molecule has 2 N–H and O–H groups in total. The number of rotatable bonds is 4. The lowest BCUT2D eigenvalue weighted by Crippen LogP contribution is -2.50. The average Bonchev–Trinajstić information content (AvgIpc) is 2.74. The zero-order valence-electron chi connectivity index (χ0n) is 10.7. The van der Waals surface area contributed by atoms with Gasteiger partial charge in [0.2, 0.25) is 0 Å². The summed E-state index contributed by atoms with van der Waals surface area (Å²) in [6, 6.07) is -0.135. The molecule has 18 heavy (non-hydrogen) atoms. The summed E-state index contributed by atoms with van der Waals surface area (Å²) >= 11 is 0. The third kappa shape index (κ3) is 3.21. The number of hydrogen-bond acceptors (Lipinski definition) is 4. The molecule has 6 nitrogen and oxygen atoms in total. The molecule has 0 amide bonds. The molecular weight excluding hydrogens is 256 g/mol. The number of aliphatic hydroxyl groups excluding tert-OH is 1. The summed E-state index contributed by atoms with van der Waals surface area (Å²) in [6.45, 7) is 3.48. The Kier molecular flexibility index (Phi) is 4.60. The van der Waals surface area contributed by atoms with Gasteiger partial charge < -0.3 is 9.84 Å². The Morgan fingerprint density at radius 1 is 1.44 bits per heavy atom. The third-order valence-electron chi connectivity index (χ3n) is 3.76. The van der Waals surface area contributed by atoms with Crippen LogP contribution in [0.4, 0.5) is 0 Å². The summed E-state index contributed by atoms with van der Waals surface area (Å²) in [6.07, 6.45) is 2.35. The van der Waals surface area contributed by atoms with Crippen molar-refractivity contribution in [1.29, 1.82) is 0 Å². The maximum Gasteiger partial charge on any atom is 0.279 e. The third-order valence-corrected chi connectivity index (χ3v) is 5.37. The van der Waals surface area contributed by atoms with Crippen molar-refractivity contribution in [3.63, 3.8) is 0 Å². The predicted octanol–water partition coefficient (Wildman–Crippen LogP) is -0.297. The molecule has 0 aromatic heterocycles. The van der Waals surface area contributed by atoms with E-state index in [4.69, 9.17) is 9.84 Å². The molecule has 0 bridgehead atoms. The van der Waals surface area contributed by atoms with E-state index in [1.807, 2.05) is 6.92 Å². The fraction of sp³-hybridized carbons (Fsp3) is 1.00. The van der Waals surface area contributed by atoms with Crippen LogP contribution in [0.5, 0.6) is 0 Å². The minimum Gasteiger partial charge on any atom is -0.396 e. The molecule has 0 aliphatic carbocycles. The van der Waals surface area contributed by atoms with Crippen LogP contribution in [0.1, 0.15) is 26.2 Å². The first kappa shape index (κ1) is 14.2. The van der Waals surface area contributed by atoms with Gasteiger partial charge in [0, 0.05) is 26.3 Å². The van der Waals surface area contributed by atoms with Gasteiger partial charge >= 0.3 is 0 Å². The highest BCUT2D eigenvalue weighted by molar-refractivity contribution is 7.87. The highest BCUT2D eigenvalue weighted by atomic mass is 32.2. The Bertz CT molecular complexity index is 373. The molecule has 0 spiro atoms. The molecule has 3 unspecified atom stereocenters. The second-order valence-corrected chi connectivity index (χ2v) is 6.85. The van der Waals surface area contributed by atoms with Gasteiger partial charge in [-0.3, -0.25) is 0 Å². The lowest BCUT2D eigenvalue weighted by Gasteiger charge is -2.32. The van der Waals surface area contributed by atoms with Crippen LogP contribution in [-0.4, -0.2) is 56.3 Å². The maximum atomic E-state index is 12.2. The number of aliphatic hydroxyl groups is 1. The molecular formula is C11H22N2O4S. The average molecular weight is 278 g/mol. The number of hydrogen-bond donors (Lipinski definition) is 2. The Morgan fingerprint density at radius 3 is 2.83 bits per heavy atom. The van der Waals surface area contributed by atoms with Crippen LogP contribution in [0.2, 0.25) is 0 Å². The van der Waals surface area contributed by atoms with Crippen molar-refractivity contribution in [2.24, 2.45) is 5.92 Å². The number of ether oxygens (including phenoxy) is 1. The largest absolute Gasteiger partial charge is 0.396 e. The molecule has 106 valence electrons. The van der Waals surface area contributed by atoms with Gasteiger partial charge in [0.05, 0.1) is 12.1 Å². The van der Waals surface area contributed by atoms with E-state index in [2.05, 4.69) is 4.72 Å². The van der Waals surface area contributed by atoms with Crippen LogP contribution in [0.3, 0.4) is 0 Å². The quantitative estimate of drug-likeness (QED) is 0.740. The SMILES string of the molecule is CC1OCCC1NS(=O)(=O)N1CCCC(CO)C1. The van der Waals surface area contributed by atoms with Crippen LogP contribution < -0.4 is 4.72 Å². The summed E-state index contributed by atoms with van der Waals surface area (Å²) in [5.41, 5.74) is 0. The Morgan fingerprint density at radius 2 is 2.22 bits per heavy atom. The fourth-order valence-electron chi connectivity index (χ4n) is 2.55. The molecule has 3 atom stereocenters. The van der Waals surface area contributed by atoms with Crippen LogP contribution in [0.25, 0.3) is 0 Å². The van der Waals surface area contributed by atoms with Crippen molar-refractivity contribution in [1.82, 2.24) is 9.03 Å². The second-order valence-electron chi connectivity index (χ2n) is 5.14. The molecule has 2 aliphatic heterocycles. The molecule has 2 saturated heterocycles. The van der Waals surface area contributed by atoms with Crippen LogP contribution in [0.15, 0.2) is 0 Å². The first-order valence-corrected chi connectivity index (χ1v) is 7.97. The van der Waals surface area contributed by atoms with Gasteiger partial charge in [-0.15, -0.1) is 0 Å². The Hall–Kier alpha value is -0.210. The van der Waals surface area contributed by atoms with Gasteiger partial charge in [-0.2, -0.15) is 17.4 Å². The topological polar surface area (TPSA) is 78.9 Å². The van der Waals surface area contributed by atoms with Gasteiger partial charge in [-0.25, -0.2) is 0 Å². The fourth-order valence-corrected chi connectivity index (χ4v) is 4.16. The van der Waals surface area contributed by atoms with Crippen molar-refractivity contribution in [3.05, 3.63) is 0 Å². The smallest absolute Gasteiger partial charge is 0.279 e. The zero-order valence-corrected chi connectivity index (χ0v) is 11.5. The summed E-state index contributed by atoms with van der Waals surface area (Å²) in [5.74, 6) is 0.0626. The predicted molar refractivity (Wildman–Crippen MR) is 67.3 cm³/mol. The molecule has 0 aromatic rings. The standard InChI is InChI=1S/C11H22N2O4S/c1-9-11(4-6-17-9)12-18(15,16)13-5-2-3-10(7-13)8-14/h9-12,14H,2-8H2,1H3. The van der Waals surface area contributed by atoms with E-state index in [0.717, 1.165) is 19.3 Å². The molecule has 0 aromatic carbocycles. The van der Waals surface area contributed by atoms with Crippen LogP contribution in [0, 0.1) is 5.92 Å². The van der Waals surface area contributed by atoms with E-state index in [1.165, 1.54) is 4.31 Å². The number of nitrogens with zero attached hydrogens (tertiary/aromatic N) is 1. The Balaban J connectivity index is 1.97. The minimum absolute atomic E-state index is 0.0506. The van der Waals surface area contributed by atoms with E-state index >= 15 is 0 Å². The van der Waals surface area contributed by atoms with Crippen LogP contribution in [-0.2, 0) is 14.9 Å². The van der Waals surface area contributed by atoms with Crippen molar-refractivity contribution >= 4 is 10.2 Å². The van der Waals surface area contributed by atoms with E-state index < -0.39 is 10.2 Å². The van der Waals surface area contributed by atoms with E-state index in [0.29, 0.717) is 19.7 Å². The van der Waals surface area contributed by atoms with Gasteiger partial charge in [-0.05, 0) is 32.1 Å². The van der Waals surface area contributed by atoms with Crippen molar-refractivity contribution in [3.8, 4) is 0 Å². The molecule has 2 heterocycles. The highest BCUT2D eigenvalue weighted by Gasteiger charge is 2.33. The summed E-state index contributed by atoms with van der Waals surface area (Å²) in [5, 5.41) is 9.14. The molecule has 2 aliphatic rings. The molecule has 0 saturated carbocycles. The Labute approximate surface area is 108 Å². The lowest BCUT2D eigenvalue weighted by atomic mass is 10.0. The molecule has 2 rings (SSSR count). The first-order chi connectivity index (χ1) is 8.53. The first-order valence-electron chi connectivity index (χ1n) is 6.53. The monoisotopic (exact) mass is 278 g/mol. The van der Waals surface area contributed by atoms with E-state index in [1.54, 1.807) is 0 Å². The molecule has 2 fully saturated rings. The summed E-state index contributed by atoms with van der Waals surface area (Å²) in [4.78, 5) is 0. The normalized spacial score (nSPS) is 34.9. The van der Waals surface area contributed by atoms with Gasteiger partial charge in [-0.1, -0.05) is 0 Å². The number of nitrogens with one attached hydrogen (secondary N) is 1. The lowest BCUT2D eigenvalue weighted by molar-refractivity contribution is 0.116. The van der Waals surface area contributed by atoms with Crippen molar-refractivity contribution in [2.75, 3.05) is 26.3 Å². The van der Waals surface area contributed by atoms with Gasteiger partial charge in [0.1, 0.15) is 0 Å². The highest BCUT2D eigenvalue weighted by Crippen LogP contribution is 2.20.